The van der Waals surface area contributed by atoms with Crippen LogP contribution in [0.5, 0.6) is 0 Å². The molecule has 1 aromatic heterocycles. The van der Waals surface area contributed by atoms with E-state index < -0.39 is 0 Å². The summed E-state index contributed by atoms with van der Waals surface area (Å²) >= 11 is 0. The van der Waals surface area contributed by atoms with Crippen LogP contribution in [0, 0.1) is 0 Å². The smallest absolute Gasteiger partial charge is 0.150 e. The van der Waals surface area contributed by atoms with Gasteiger partial charge < -0.3 is 9.84 Å². The molecule has 1 aromatic carbocycles. The summed E-state index contributed by atoms with van der Waals surface area (Å²) in [5.41, 5.74) is 3.10. The molecule has 2 heterocycles. The zero-order chi connectivity index (χ0) is 19.5. The maximum Gasteiger partial charge on any atom is 0.150 e. The van der Waals surface area contributed by atoms with Crippen molar-refractivity contribution >= 4 is 18.2 Å². The summed E-state index contributed by atoms with van der Waals surface area (Å²) in [4.78, 5) is 3.97. The molecule has 0 aliphatic carbocycles. The highest BCUT2D eigenvalue weighted by Crippen LogP contribution is 2.32. The van der Waals surface area contributed by atoms with Crippen molar-refractivity contribution in [2.45, 2.75) is 53.2 Å². The van der Waals surface area contributed by atoms with Crippen molar-refractivity contribution < 1.29 is 9.84 Å². The number of aliphatic hydroxyl groups is 1. The van der Waals surface area contributed by atoms with Gasteiger partial charge in [-0.1, -0.05) is 40.3 Å². The predicted molar refractivity (Wildman–Crippen MR) is 110 cm³/mol. The number of hydrogen-bond acceptors (Lipinski definition) is 4. The van der Waals surface area contributed by atoms with Crippen LogP contribution in [0.1, 0.15) is 58.7 Å². The number of aromatic nitrogens is 2. The van der Waals surface area contributed by atoms with Gasteiger partial charge >= 0.3 is 0 Å². The molecule has 1 saturated heterocycles. The molecule has 1 fully saturated rings. The fourth-order valence-electron chi connectivity index (χ4n) is 2.75. The topological polar surface area (TPSA) is 59.6 Å². The summed E-state index contributed by atoms with van der Waals surface area (Å²) < 4.78 is 7.73. The van der Waals surface area contributed by atoms with Gasteiger partial charge in [0.1, 0.15) is 5.76 Å². The molecule has 0 radical (unpaired) electrons. The second-order valence-electron chi connectivity index (χ2n) is 5.32. The van der Waals surface area contributed by atoms with E-state index in [1.165, 1.54) is 0 Å². The second-order valence-corrected chi connectivity index (χ2v) is 5.32. The monoisotopic (exact) mass is 357 g/mol. The van der Waals surface area contributed by atoms with Gasteiger partial charge in [-0.05, 0) is 44.2 Å². The van der Waals surface area contributed by atoms with Crippen molar-refractivity contribution in [3.05, 3.63) is 42.6 Å². The van der Waals surface area contributed by atoms with Crippen molar-refractivity contribution in [2.75, 3.05) is 6.61 Å². The average molecular weight is 357 g/mol. The molecule has 5 nitrogen and oxygen atoms in total. The molecule has 26 heavy (non-hydrogen) atoms. The molecule has 0 amide bonds. The zero-order valence-electron chi connectivity index (χ0n) is 16.4. The number of rotatable bonds is 4. The lowest BCUT2D eigenvalue weighted by atomic mass is 10.1. The fourth-order valence-corrected chi connectivity index (χ4v) is 2.75. The minimum Gasteiger partial charge on any atom is -0.508 e. The first-order valence-electron chi connectivity index (χ1n) is 9.35. The standard InChI is InChI=1S/C17H19N3O2.2C2H6/c1-12(21)14-7-6-13(11-15(14)18-2)16-8-9-19-20(16)17-5-3-4-10-22-17;2*1-2/h6-9,11,17,21H,1-5,10H2;2*1-2H3. The molecule has 5 heteroatoms. The van der Waals surface area contributed by atoms with Gasteiger partial charge in [-0.3, -0.25) is 4.99 Å². The van der Waals surface area contributed by atoms with Gasteiger partial charge in [0, 0.05) is 23.9 Å². The summed E-state index contributed by atoms with van der Waals surface area (Å²) in [5.74, 6) is -0.0157. The van der Waals surface area contributed by atoms with Crippen LogP contribution in [0.2, 0.25) is 0 Å². The summed E-state index contributed by atoms with van der Waals surface area (Å²) in [6, 6.07) is 7.54. The Morgan fingerprint density at radius 1 is 1.23 bits per heavy atom. The highest BCUT2D eigenvalue weighted by Gasteiger charge is 2.20. The lowest BCUT2D eigenvalue weighted by Crippen LogP contribution is -2.19. The fraction of sp³-hybridized carbons (Fsp3) is 0.429. The van der Waals surface area contributed by atoms with E-state index in [4.69, 9.17) is 4.74 Å². The van der Waals surface area contributed by atoms with E-state index in [0.717, 1.165) is 37.1 Å². The Labute approximate surface area is 157 Å². The number of aliphatic hydroxyl groups excluding tert-OH is 1. The molecular formula is C21H31N3O2. The Morgan fingerprint density at radius 2 is 1.96 bits per heavy atom. The molecule has 142 valence electrons. The summed E-state index contributed by atoms with van der Waals surface area (Å²) in [5, 5.41) is 14.0. The lowest BCUT2D eigenvalue weighted by Gasteiger charge is -2.24. The lowest BCUT2D eigenvalue weighted by molar-refractivity contribution is -0.0383. The molecule has 3 rings (SSSR count). The van der Waals surface area contributed by atoms with Crippen molar-refractivity contribution in [3.8, 4) is 11.3 Å². The third kappa shape index (κ3) is 5.05. The summed E-state index contributed by atoms with van der Waals surface area (Å²) in [6.45, 7) is 15.9. The molecule has 1 atom stereocenters. The van der Waals surface area contributed by atoms with Crippen LogP contribution in [0.3, 0.4) is 0 Å². The Balaban J connectivity index is 0.000000791. The minimum absolute atomic E-state index is 0.0157. The first-order chi connectivity index (χ1) is 12.7. The molecule has 0 saturated carbocycles. The van der Waals surface area contributed by atoms with Crippen LogP contribution in [0.4, 0.5) is 5.69 Å². The minimum atomic E-state index is -0.0219. The van der Waals surface area contributed by atoms with E-state index in [0.29, 0.717) is 11.3 Å². The molecule has 2 aromatic rings. The van der Waals surface area contributed by atoms with Gasteiger partial charge in [0.05, 0.1) is 11.4 Å². The van der Waals surface area contributed by atoms with Crippen LogP contribution in [0.25, 0.3) is 17.0 Å². The maximum absolute atomic E-state index is 9.60. The third-order valence-electron chi connectivity index (χ3n) is 3.87. The molecule has 0 bridgehead atoms. The number of aliphatic imine (C=N–C) groups is 1. The Bertz CT molecular complexity index is 701. The predicted octanol–water partition coefficient (Wildman–Crippen LogP) is 6.16. The van der Waals surface area contributed by atoms with Crippen molar-refractivity contribution in [1.29, 1.82) is 0 Å². The Kier molecular flexibility index (Phi) is 9.37. The van der Waals surface area contributed by atoms with E-state index in [1.54, 1.807) is 12.3 Å². The Morgan fingerprint density at radius 3 is 2.54 bits per heavy atom. The van der Waals surface area contributed by atoms with E-state index in [-0.39, 0.29) is 12.0 Å². The summed E-state index contributed by atoms with van der Waals surface area (Å²) in [6.07, 6.45) is 4.96. The first kappa shape index (κ1) is 21.6. The molecule has 1 aliphatic heterocycles. The number of ether oxygens (including phenoxy) is 1. The van der Waals surface area contributed by atoms with Crippen LogP contribution in [-0.2, 0) is 4.74 Å². The molecule has 0 spiro atoms. The van der Waals surface area contributed by atoms with Crippen molar-refractivity contribution in [1.82, 2.24) is 9.78 Å². The van der Waals surface area contributed by atoms with Crippen LogP contribution in [0.15, 0.2) is 42.0 Å². The molecular weight excluding hydrogens is 326 g/mol. The van der Waals surface area contributed by atoms with Gasteiger partial charge in [0.2, 0.25) is 0 Å². The number of nitrogens with zero attached hydrogens (tertiary/aromatic N) is 3. The van der Waals surface area contributed by atoms with Crippen LogP contribution in [-0.4, -0.2) is 28.2 Å². The van der Waals surface area contributed by atoms with Crippen LogP contribution >= 0.6 is 0 Å². The van der Waals surface area contributed by atoms with E-state index in [9.17, 15) is 5.11 Å². The SMILES string of the molecule is C=Nc1cc(-c2ccnn2C2CCCCO2)ccc1C(=C)O.CC.CC. The van der Waals surface area contributed by atoms with Crippen molar-refractivity contribution in [3.63, 3.8) is 0 Å². The highest BCUT2D eigenvalue weighted by molar-refractivity contribution is 5.75. The number of benzene rings is 1. The zero-order valence-corrected chi connectivity index (χ0v) is 16.4. The van der Waals surface area contributed by atoms with Gasteiger partial charge in [0.25, 0.3) is 0 Å². The first-order valence-corrected chi connectivity index (χ1v) is 9.35. The van der Waals surface area contributed by atoms with Gasteiger partial charge in [0.15, 0.2) is 6.23 Å². The molecule has 1 unspecified atom stereocenters. The second kappa shape index (κ2) is 11.3. The van der Waals surface area contributed by atoms with Crippen molar-refractivity contribution in [2.24, 2.45) is 4.99 Å². The molecule has 1 N–H and O–H groups in total. The Hall–Kier alpha value is -2.40. The quantitative estimate of drug-likeness (QED) is 0.526. The van der Waals surface area contributed by atoms with Gasteiger partial charge in [-0.25, -0.2) is 4.68 Å². The highest BCUT2D eigenvalue weighted by atomic mass is 16.5. The summed E-state index contributed by atoms with van der Waals surface area (Å²) in [7, 11) is 0. The van der Waals surface area contributed by atoms with Crippen LogP contribution < -0.4 is 0 Å². The molecule has 1 aliphatic rings. The largest absolute Gasteiger partial charge is 0.508 e. The average Bonchev–Trinajstić information content (AvgIpc) is 3.21. The van der Waals surface area contributed by atoms with E-state index >= 15 is 0 Å². The third-order valence-corrected chi connectivity index (χ3v) is 3.87. The van der Waals surface area contributed by atoms with E-state index in [2.05, 4.69) is 23.4 Å². The van der Waals surface area contributed by atoms with Gasteiger partial charge in [-0.15, -0.1) is 0 Å². The van der Waals surface area contributed by atoms with E-state index in [1.807, 2.05) is 50.6 Å². The maximum atomic E-state index is 9.60. The normalized spacial score (nSPS) is 15.8. The number of hydrogen-bond donors (Lipinski definition) is 1. The van der Waals surface area contributed by atoms with Gasteiger partial charge in [-0.2, -0.15) is 5.10 Å².